The van der Waals surface area contributed by atoms with Gasteiger partial charge in [-0.25, -0.2) is 0 Å². The van der Waals surface area contributed by atoms with Gasteiger partial charge in [0.2, 0.25) is 0 Å². The maximum atomic E-state index is 12.2. The van der Waals surface area contributed by atoms with E-state index in [1.807, 2.05) is 66.7 Å². The Morgan fingerprint density at radius 2 is 1.09 bits per heavy atom. The minimum Gasteiger partial charge on any atom is -0.489 e. The lowest BCUT2D eigenvalue weighted by Gasteiger charge is -2.28. The zero-order chi connectivity index (χ0) is 22.7. The van der Waals surface area contributed by atoms with Gasteiger partial charge < -0.3 is 9.53 Å². The number of carbonyl (C=O) groups excluding carboxylic acids is 1. The fraction of sp³-hybridized carbons (Fsp3) is 0.167. The molecule has 4 aromatic carbocycles. The third-order valence-corrected chi connectivity index (χ3v) is 5.70. The number of nitrogens with zero attached hydrogens (tertiary/aromatic N) is 1. The second-order valence-corrected chi connectivity index (χ2v) is 8.20. The number of ether oxygens (including phenoxy) is 1. The number of rotatable bonds is 11. The van der Waals surface area contributed by atoms with Gasteiger partial charge in [-0.15, -0.1) is 0 Å². The van der Waals surface area contributed by atoms with E-state index in [2.05, 4.69) is 53.4 Å². The van der Waals surface area contributed by atoms with Gasteiger partial charge >= 0.3 is 0 Å². The van der Waals surface area contributed by atoms with Gasteiger partial charge in [0.25, 0.3) is 0 Å². The molecule has 0 aromatic heterocycles. The highest BCUT2D eigenvalue weighted by molar-refractivity contribution is 5.58. The van der Waals surface area contributed by atoms with Crippen LogP contribution in [0.15, 0.2) is 115 Å². The van der Waals surface area contributed by atoms with Crippen molar-refractivity contribution in [3.05, 3.63) is 138 Å². The lowest BCUT2D eigenvalue weighted by Crippen LogP contribution is -2.37. The third-order valence-electron chi connectivity index (χ3n) is 5.70. The van der Waals surface area contributed by atoms with Crippen molar-refractivity contribution in [3.63, 3.8) is 0 Å². The van der Waals surface area contributed by atoms with Crippen molar-refractivity contribution in [1.29, 1.82) is 0 Å². The van der Waals surface area contributed by atoms with Gasteiger partial charge in [-0.1, -0.05) is 103 Å². The maximum absolute atomic E-state index is 12.2. The highest BCUT2D eigenvalue weighted by Crippen LogP contribution is 2.19. The summed E-state index contributed by atoms with van der Waals surface area (Å²) in [6.07, 6.45) is 1.73. The van der Waals surface area contributed by atoms with Crippen LogP contribution in [0.3, 0.4) is 0 Å². The molecule has 0 saturated carbocycles. The molecule has 0 fully saturated rings. The van der Waals surface area contributed by atoms with Gasteiger partial charge in [0.05, 0.1) is 6.04 Å². The molecular weight excluding hydrogens is 406 g/mol. The zero-order valence-electron chi connectivity index (χ0n) is 18.7. The predicted octanol–water partition coefficient (Wildman–Crippen LogP) is 6.08. The van der Waals surface area contributed by atoms with Crippen LogP contribution in [0.5, 0.6) is 5.75 Å². The molecule has 0 aliphatic rings. The quantitative estimate of drug-likeness (QED) is 0.268. The normalized spacial score (nSPS) is 11.8. The minimum absolute atomic E-state index is 0.221. The van der Waals surface area contributed by atoms with E-state index in [0.717, 1.165) is 36.3 Å². The molecule has 0 unspecified atom stereocenters. The molecule has 3 heteroatoms. The number of hydrogen-bond acceptors (Lipinski definition) is 3. The summed E-state index contributed by atoms with van der Waals surface area (Å²) in [5.41, 5.74) is 4.65. The first kappa shape index (κ1) is 22.5. The van der Waals surface area contributed by atoms with Gasteiger partial charge in [-0.2, -0.15) is 0 Å². The Morgan fingerprint density at radius 1 is 0.606 bits per heavy atom. The van der Waals surface area contributed by atoms with Crippen LogP contribution in [0.2, 0.25) is 0 Å². The minimum atomic E-state index is -0.221. The standard InChI is InChI=1S/C30H29NO2/c32-23-29(20-25-16-18-30(19-17-25)33-24-28-14-8-3-9-15-28)31(21-26-10-4-1-5-11-26)22-27-12-6-2-7-13-27/h1-19,23,29H,20-22,24H2/t29-/m0/s1. The molecule has 0 saturated heterocycles. The summed E-state index contributed by atoms with van der Waals surface area (Å²) in [5.74, 6) is 0.829. The summed E-state index contributed by atoms with van der Waals surface area (Å²) >= 11 is 0. The van der Waals surface area contributed by atoms with Crippen LogP contribution in [0.4, 0.5) is 0 Å². The third kappa shape index (κ3) is 6.90. The lowest BCUT2D eigenvalue weighted by atomic mass is 10.0. The van der Waals surface area contributed by atoms with E-state index < -0.39 is 0 Å². The molecule has 0 aliphatic heterocycles. The molecule has 0 bridgehead atoms. The van der Waals surface area contributed by atoms with Crippen molar-refractivity contribution in [3.8, 4) is 5.75 Å². The fourth-order valence-electron chi connectivity index (χ4n) is 3.89. The predicted molar refractivity (Wildman–Crippen MR) is 133 cm³/mol. The lowest BCUT2D eigenvalue weighted by molar-refractivity contribution is -0.112. The van der Waals surface area contributed by atoms with Gasteiger partial charge in [0, 0.05) is 13.1 Å². The van der Waals surface area contributed by atoms with Crippen LogP contribution < -0.4 is 4.74 Å². The van der Waals surface area contributed by atoms with Crippen molar-refractivity contribution in [2.75, 3.05) is 0 Å². The Bertz CT molecular complexity index is 1050. The van der Waals surface area contributed by atoms with Crippen molar-refractivity contribution < 1.29 is 9.53 Å². The largest absolute Gasteiger partial charge is 0.489 e. The highest BCUT2D eigenvalue weighted by Gasteiger charge is 2.19. The number of aldehydes is 1. The van der Waals surface area contributed by atoms with Gasteiger partial charge in [-0.3, -0.25) is 4.90 Å². The Kier molecular flexibility index (Phi) is 8.04. The van der Waals surface area contributed by atoms with Crippen LogP contribution in [-0.4, -0.2) is 17.2 Å². The molecule has 166 valence electrons. The molecule has 33 heavy (non-hydrogen) atoms. The molecular formula is C30H29NO2. The van der Waals surface area contributed by atoms with E-state index in [9.17, 15) is 4.79 Å². The summed E-state index contributed by atoms with van der Waals surface area (Å²) in [5, 5.41) is 0. The van der Waals surface area contributed by atoms with Gasteiger partial charge in [0.15, 0.2) is 0 Å². The molecule has 4 aromatic rings. The van der Waals surface area contributed by atoms with Crippen molar-refractivity contribution >= 4 is 6.29 Å². The number of benzene rings is 4. The van der Waals surface area contributed by atoms with Crippen molar-refractivity contribution in [2.24, 2.45) is 0 Å². The maximum Gasteiger partial charge on any atom is 0.137 e. The Labute approximate surface area is 196 Å². The second kappa shape index (κ2) is 11.8. The van der Waals surface area contributed by atoms with Crippen molar-refractivity contribution in [1.82, 2.24) is 4.90 Å². The average molecular weight is 436 g/mol. The molecule has 0 heterocycles. The molecule has 0 aliphatic carbocycles. The first-order chi connectivity index (χ1) is 16.3. The van der Waals surface area contributed by atoms with Crippen molar-refractivity contribution in [2.45, 2.75) is 32.2 Å². The van der Waals surface area contributed by atoms with E-state index >= 15 is 0 Å². The van der Waals surface area contributed by atoms with Crippen LogP contribution in [-0.2, 0) is 30.9 Å². The van der Waals surface area contributed by atoms with Crippen LogP contribution in [0.1, 0.15) is 22.3 Å². The Hall–Kier alpha value is -3.69. The van der Waals surface area contributed by atoms with Crippen LogP contribution in [0.25, 0.3) is 0 Å². The van der Waals surface area contributed by atoms with Crippen LogP contribution >= 0.6 is 0 Å². The Balaban J connectivity index is 1.44. The summed E-state index contributed by atoms with van der Waals surface area (Å²) in [4.78, 5) is 14.4. The number of hydrogen-bond donors (Lipinski definition) is 0. The summed E-state index contributed by atoms with van der Waals surface area (Å²) in [6, 6.07) is 38.6. The van der Waals surface area contributed by atoms with E-state index in [-0.39, 0.29) is 6.04 Å². The monoisotopic (exact) mass is 435 g/mol. The fourth-order valence-corrected chi connectivity index (χ4v) is 3.89. The van der Waals surface area contributed by atoms with E-state index in [1.165, 1.54) is 11.1 Å². The number of carbonyl (C=O) groups is 1. The van der Waals surface area contributed by atoms with Gasteiger partial charge in [0.1, 0.15) is 18.6 Å². The van der Waals surface area contributed by atoms with E-state index in [4.69, 9.17) is 4.74 Å². The van der Waals surface area contributed by atoms with E-state index in [1.54, 1.807) is 0 Å². The highest BCUT2D eigenvalue weighted by atomic mass is 16.5. The Morgan fingerprint density at radius 3 is 1.58 bits per heavy atom. The van der Waals surface area contributed by atoms with Crippen LogP contribution in [0, 0.1) is 0 Å². The SMILES string of the molecule is O=C[C@H](Cc1ccc(OCc2ccccc2)cc1)N(Cc1ccccc1)Cc1ccccc1. The molecule has 0 radical (unpaired) electrons. The first-order valence-corrected chi connectivity index (χ1v) is 11.3. The second-order valence-electron chi connectivity index (χ2n) is 8.20. The molecule has 3 nitrogen and oxygen atoms in total. The smallest absolute Gasteiger partial charge is 0.137 e. The molecule has 1 atom stereocenters. The molecule has 0 N–H and O–H groups in total. The van der Waals surface area contributed by atoms with E-state index in [0.29, 0.717) is 13.0 Å². The summed E-state index contributed by atoms with van der Waals surface area (Å²) in [6.45, 7) is 1.98. The average Bonchev–Trinajstić information content (AvgIpc) is 2.88. The molecule has 0 amide bonds. The zero-order valence-corrected chi connectivity index (χ0v) is 18.7. The van der Waals surface area contributed by atoms with Gasteiger partial charge in [-0.05, 0) is 40.8 Å². The summed E-state index contributed by atoms with van der Waals surface area (Å²) in [7, 11) is 0. The molecule has 0 spiro atoms. The first-order valence-electron chi connectivity index (χ1n) is 11.3. The molecule has 4 rings (SSSR count). The topological polar surface area (TPSA) is 29.5 Å². The summed E-state index contributed by atoms with van der Waals surface area (Å²) < 4.78 is 5.90.